The van der Waals surface area contributed by atoms with Crippen molar-refractivity contribution in [2.24, 2.45) is 4.99 Å². The molecule has 2 aromatic rings. The van der Waals surface area contributed by atoms with Gasteiger partial charge >= 0.3 is 0 Å². The largest absolute Gasteiger partial charge is 0.490 e. The van der Waals surface area contributed by atoms with E-state index in [1.54, 1.807) is 12.2 Å². The molecule has 0 atom stereocenters. The van der Waals surface area contributed by atoms with E-state index < -0.39 is 0 Å². The highest BCUT2D eigenvalue weighted by molar-refractivity contribution is 9.10. The summed E-state index contributed by atoms with van der Waals surface area (Å²) in [7, 11) is 0. The SMILES string of the molecule is C=CCOc1cc(Br)c(/C=C2/SC(=Nc3cccc(Cl)c3C)NC2=O)cc1OCC. The average Bonchev–Trinajstić information content (AvgIpc) is 3.05. The first-order valence-electron chi connectivity index (χ1n) is 9.17. The highest BCUT2D eigenvalue weighted by Gasteiger charge is 2.25. The first-order valence-corrected chi connectivity index (χ1v) is 11.2. The number of amidine groups is 1. The van der Waals surface area contributed by atoms with E-state index in [0.717, 1.165) is 21.3 Å². The Kier molecular flexibility index (Phi) is 7.64. The molecule has 1 aliphatic rings. The van der Waals surface area contributed by atoms with E-state index >= 15 is 0 Å². The van der Waals surface area contributed by atoms with Crippen molar-refractivity contribution in [3.63, 3.8) is 0 Å². The molecule has 1 fully saturated rings. The van der Waals surface area contributed by atoms with Crippen LogP contribution in [0.3, 0.4) is 0 Å². The number of nitrogens with zero attached hydrogens (tertiary/aromatic N) is 1. The molecule has 3 rings (SSSR count). The van der Waals surface area contributed by atoms with E-state index in [-0.39, 0.29) is 5.91 Å². The molecule has 0 spiro atoms. The Bertz CT molecular complexity index is 1050. The number of benzene rings is 2. The zero-order valence-electron chi connectivity index (χ0n) is 16.5. The van der Waals surface area contributed by atoms with E-state index in [9.17, 15) is 4.79 Å². The van der Waals surface area contributed by atoms with Gasteiger partial charge in [0, 0.05) is 9.50 Å². The van der Waals surface area contributed by atoms with Gasteiger partial charge in [-0.3, -0.25) is 4.79 Å². The zero-order valence-corrected chi connectivity index (χ0v) is 19.7. The fourth-order valence-corrected chi connectivity index (χ4v) is 4.07. The molecular weight excluding hydrogens is 488 g/mol. The molecule has 0 bridgehead atoms. The molecule has 1 N–H and O–H groups in total. The zero-order chi connectivity index (χ0) is 21.7. The normalized spacial score (nSPS) is 16.1. The Labute approximate surface area is 193 Å². The lowest BCUT2D eigenvalue weighted by Crippen LogP contribution is -2.19. The van der Waals surface area contributed by atoms with Crippen LogP contribution in [0.4, 0.5) is 5.69 Å². The summed E-state index contributed by atoms with van der Waals surface area (Å²) < 4.78 is 12.1. The molecule has 8 heteroatoms. The number of carbonyl (C=O) groups is 1. The molecule has 0 unspecified atom stereocenters. The van der Waals surface area contributed by atoms with Crippen LogP contribution < -0.4 is 14.8 Å². The van der Waals surface area contributed by atoms with Gasteiger partial charge in [0.05, 0.1) is 17.2 Å². The van der Waals surface area contributed by atoms with E-state index in [1.807, 2.05) is 44.2 Å². The van der Waals surface area contributed by atoms with E-state index in [1.165, 1.54) is 11.8 Å². The minimum absolute atomic E-state index is 0.213. The minimum atomic E-state index is -0.213. The number of thioether (sulfide) groups is 1. The monoisotopic (exact) mass is 506 g/mol. The summed E-state index contributed by atoms with van der Waals surface area (Å²) in [6.45, 7) is 8.32. The van der Waals surface area contributed by atoms with Crippen LogP contribution in [0.5, 0.6) is 11.5 Å². The van der Waals surface area contributed by atoms with Crippen molar-refractivity contribution in [1.29, 1.82) is 0 Å². The number of ether oxygens (including phenoxy) is 2. The van der Waals surface area contributed by atoms with Crippen molar-refractivity contribution in [2.45, 2.75) is 13.8 Å². The number of aliphatic imine (C=N–C) groups is 1. The molecular formula is C22H20BrClN2O3S. The van der Waals surface area contributed by atoms with Gasteiger partial charge in [0.25, 0.3) is 5.91 Å². The molecule has 1 heterocycles. The summed E-state index contributed by atoms with van der Waals surface area (Å²) in [4.78, 5) is 17.5. The van der Waals surface area contributed by atoms with Gasteiger partial charge in [0.1, 0.15) is 6.61 Å². The van der Waals surface area contributed by atoms with Gasteiger partial charge in [-0.2, -0.15) is 0 Å². The van der Waals surface area contributed by atoms with Gasteiger partial charge in [-0.15, -0.1) is 0 Å². The number of amides is 1. The third-order valence-corrected chi connectivity index (χ3v) is 6.12. The second kappa shape index (κ2) is 10.2. The van der Waals surface area contributed by atoms with Crippen LogP contribution in [-0.4, -0.2) is 24.3 Å². The summed E-state index contributed by atoms with van der Waals surface area (Å²) in [5.41, 5.74) is 2.37. The lowest BCUT2D eigenvalue weighted by molar-refractivity contribution is -0.115. The quantitative estimate of drug-likeness (QED) is 0.355. The van der Waals surface area contributed by atoms with Gasteiger partial charge in [-0.25, -0.2) is 4.99 Å². The topological polar surface area (TPSA) is 59.9 Å². The van der Waals surface area contributed by atoms with E-state index in [4.69, 9.17) is 21.1 Å². The van der Waals surface area contributed by atoms with Crippen molar-refractivity contribution in [3.8, 4) is 11.5 Å². The maximum Gasteiger partial charge on any atom is 0.264 e. The molecule has 2 aromatic carbocycles. The fourth-order valence-electron chi connectivity index (χ4n) is 2.64. The molecule has 1 amide bonds. The maximum absolute atomic E-state index is 12.5. The van der Waals surface area contributed by atoms with Crippen molar-refractivity contribution >= 4 is 62.1 Å². The van der Waals surface area contributed by atoms with Crippen LogP contribution in [0.15, 0.2) is 57.4 Å². The number of hydrogen-bond donors (Lipinski definition) is 1. The van der Waals surface area contributed by atoms with Gasteiger partial charge in [-0.05, 0) is 67.1 Å². The first-order chi connectivity index (χ1) is 14.4. The van der Waals surface area contributed by atoms with Crippen molar-refractivity contribution in [1.82, 2.24) is 5.32 Å². The average molecular weight is 508 g/mol. The molecule has 1 saturated heterocycles. The minimum Gasteiger partial charge on any atom is -0.490 e. The first kappa shape index (κ1) is 22.5. The van der Waals surface area contributed by atoms with Gasteiger partial charge in [-0.1, -0.05) is 46.3 Å². The third kappa shape index (κ3) is 5.28. The summed E-state index contributed by atoms with van der Waals surface area (Å²) in [5.74, 6) is 0.990. The van der Waals surface area contributed by atoms with Crippen LogP contribution in [0.25, 0.3) is 6.08 Å². The summed E-state index contributed by atoms with van der Waals surface area (Å²) >= 11 is 11.0. The Morgan fingerprint density at radius 3 is 2.80 bits per heavy atom. The molecule has 0 aromatic heterocycles. The van der Waals surface area contributed by atoms with Crippen molar-refractivity contribution < 1.29 is 14.3 Å². The van der Waals surface area contributed by atoms with Crippen LogP contribution in [0, 0.1) is 6.92 Å². The smallest absolute Gasteiger partial charge is 0.264 e. The van der Waals surface area contributed by atoms with Gasteiger partial charge < -0.3 is 14.8 Å². The Hall–Kier alpha value is -2.22. The van der Waals surface area contributed by atoms with Crippen molar-refractivity contribution in [2.75, 3.05) is 13.2 Å². The van der Waals surface area contributed by atoms with Gasteiger partial charge in [0.2, 0.25) is 0 Å². The lowest BCUT2D eigenvalue weighted by Gasteiger charge is -2.13. The molecule has 0 aliphatic carbocycles. The predicted octanol–water partition coefficient (Wildman–Crippen LogP) is 6.27. The predicted molar refractivity (Wildman–Crippen MR) is 128 cm³/mol. The molecule has 30 heavy (non-hydrogen) atoms. The summed E-state index contributed by atoms with van der Waals surface area (Å²) in [6, 6.07) is 9.15. The second-order valence-electron chi connectivity index (χ2n) is 6.22. The van der Waals surface area contributed by atoms with E-state index in [2.05, 4.69) is 32.8 Å². The Balaban J connectivity index is 1.90. The number of carbonyl (C=O) groups excluding carboxylic acids is 1. The lowest BCUT2D eigenvalue weighted by atomic mass is 10.2. The summed E-state index contributed by atoms with van der Waals surface area (Å²) in [6.07, 6.45) is 3.46. The molecule has 0 radical (unpaired) electrons. The van der Waals surface area contributed by atoms with Gasteiger partial charge in [0.15, 0.2) is 16.7 Å². The Morgan fingerprint density at radius 1 is 1.30 bits per heavy atom. The molecule has 0 saturated carbocycles. The number of nitrogens with one attached hydrogen (secondary N) is 1. The highest BCUT2D eigenvalue weighted by Crippen LogP contribution is 2.37. The second-order valence-corrected chi connectivity index (χ2v) is 8.51. The maximum atomic E-state index is 12.5. The molecule has 156 valence electrons. The number of rotatable bonds is 7. The van der Waals surface area contributed by atoms with Crippen LogP contribution in [0.2, 0.25) is 5.02 Å². The van der Waals surface area contributed by atoms with Crippen LogP contribution in [0.1, 0.15) is 18.1 Å². The van der Waals surface area contributed by atoms with Crippen LogP contribution in [-0.2, 0) is 4.79 Å². The molecule has 5 nitrogen and oxygen atoms in total. The van der Waals surface area contributed by atoms with Crippen LogP contribution >= 0.6 is 39.3 Å². The Morgan fingerprint density at radius 2 is 2.07 bits per heavy atom. The number of halogens is 2. The summed E-state index contributed by atoms with van der Waals surface area (Å²) in [5, 5.41) is 3.93. The van der Waals surface area contributed by atoms with Crippen molar-refractivity contribution in [3.05, 3.63) is 68.5 Å². The highest BCUT2D eigenvalue weighted by atomic mass is 79.9. The fraction of sp³-hybridized carbons (Fsp3) is 0.182. The molecule has 1 aliphatic heterocycles. The third-order valence-electron chi connectivity index (χ3n) is 4.12. The van der Waals surface area contributed by atoms with E-state index in [0.29, 0.717) is 39.8 Å². The number of hydrogen-bond acceptors (Lipinski definition) is 5. The standard InChI is InChI=1S/C22H20BrClN2O3S/c1-4-9-29-19-12-15(23)14(10-18(19)28-5-2)11-20-21(27)26-22(30-20)25-17-8-6-7-16(24)13(17)3/h4,6-8,10-12H,1,5,9H2,2-3H3,(H,25,26,27)/b20-11+.